The van der Waals surface area contributed by atoms with Crippen molar-refractivity contribution in [3.8, 4) is 11.8 Å². The van der Waals surface area contributed by atoms with E-state index in [0.29, 0.717) is 19.5 Å². The molecular weight excluding hydrogens is 348 g/mol. The Hall–Kier alpha value is -2.38. The van der Waals surface area contributed by atoms with Crippen molar-refractivity contribution in [1.82, 2.24) is 19.8 Å². The molecule has 0 spiro atoms. The van der Waals surface area contributed by atoms with E-state index >= 15 is 0 Å². The predicted octanol–water partition coefficient (Wildman–Crippen LogP) is 2.10. The molecule has 27 heavy (non-hydrogen) atoms. The van der Waals surface area contributed by atoms with Gasteiger partial charge in [-0.2, -0.15) is 0 Å². The Morgan fingerprint density at radius 1 is 1.04 bits per heavy atom. The molecule has 0 aliphatic heterocycles. The van der Waals surface area contributed by atoms with E-state index in [1.807, 2.05) is 6.92 Å². The molecule has 1 atom stereocenters. The number of hydrogen-bond acceptors (Lipinski definition) is 6. The Balaban J connectivity index is 2.69. The first-order valence-electron chi connectivity index (χ1n) is 8.98. The van der Waals surface area contributed by atoms with Crippen LogP contribution in [0, 0.1) is 11.3 Å². The number of aromatic nitrogens is 2. The predicted molar refractivity (Wildman–Crippen MR) is 103 cm³/mol. The van der Waals surface area contributed by atoms with Crippen LogP contribution in [0.3, 0.4) is 0 Å². The molecule has 0 aliphatic carbocycles. The van der Waals surface area contributed by atoms with Crippen LogP contribution in [0.5, 0.6) is 11.8 Å². The molecule has 1 unspecified atom stereocenters. The summed E-state index contributed by atoms with van der Waals surface area (Å²) in [6, 6.07) is 0. The van der Waals surface area contributed by atoms with Crippen molar-refractivity contribution in [3.05, 3.63) is 11.9 Å². The Labute approximate surface area is 161 Å². The van der Waals surface area contributed by atoms with Gasteiger partial charge in [0.2, 0.25) is 17.7 Å². The van der Waals surface area contributed by atoms with E-state index in [1.54, 1.807) is 23.9 Å². The Morgan fingerprint density at radius 2 is 1.52 bits per heavy atom. The van der Waals surface area contributed by atoms with Crippen LogP contribution in [0.15, 0.2) is 6.33 Å². The Kier molecular flexibility index (Phi) is 7.99. The molecule has 0 aromatic carbocycles. The maximum atomic E-state index is 12.8. The molecule has 0 aliphatic rings. The van der Waals surface area contributed by atoms with Gasteiger partial charge in [0.25, 0.3) is 5.91 Å². The number of hydrogen-bond donors (Lipinski definition) is 0. The van der Waals surface area contributed by atoms with Gasteiger partial charge < -0.3 is 19.3 Å². The van der Waals surface area contributed by atoms with Gasteiger partial charge in [0.05, 0.1) is 14.2 Å². The average molecular weight is 380 g/mol. The number of rotatable bonds is 8. The van der Waals surface area contributed by atoms with Gasteiger partial charge in [0, 0.05) is 33.1 Å². The van der Waals surface area contributed by atoms with Crippen molar-refractivity contribution in [2.24, 2.45) is 11.3 Å². The number of amides is 2. The van der Waals surface area contributed by atoms with E-state index in [4.69, 9.17) is 9.47 Å². The fourth-order valence-electron chi connectivity index (χ4n) is 2.50. The molecule has 0 fully saturated rings. The van der Waals surface area contributed by atoms with Crippen molar-refractivity contribution < 1.29 is 19.1 Å². The summed E-state index contributed by atoms with van der Waals surface area (Å²) in [5.41, 5.74) is 0.106. The summed E-state index contributed by atoms with van der Waals surface area (Å²) in [5.74, 6) is 0.0875. The number of methoxy groups -OCH3 is 2. The van der Waals surface area contributed by atoms with Gasteiger partial charge in [-0.05, 0) is 11.8 Å². The molecular formula is C19H32N4O4. The zero-order valence-corrected chi connectivity index (χ0v) is 17.7. The minimum absolute atomic E-state index is 0.0724. The normalized spacial score (nSPS) is 12.3. The molecule has 0 radical (unpaired) electrons. The molecule has 0 saturated heterocycles. The van der Waals surface area contributed by atoms with Crippen molar-refractivity contribution >= 4 is 11.8 Å². The van der Waals surface area contributed by atoms with Gasteiger partial charge in [-0.3, -0.25) is 9.59 Å². The Bertz CT molecular complexity index is 635. The lowest BCUT2D eigenvalue weighted by Crippen LogP contribution is -2.39. The van der Waals surface area contributed by atoms with Gasteiger partial charge in [0.15, 0.2) is 5.56 Å². The van der Waals surface area contributed by atoms with Gasteiger partial charge in [0.1, 0.15) is 6.33 Å². The molecule has 1 aromatic heterocycles. The topological polar surface area (TPSA) is 84.9 Å². The van der Waals surface area contributed by atoms with Crippen LogP contribution in [0.1, 0.15) is 44.5 Å². The minimum Gasteiger partial charge on any atom is -0.480 e. The molecule has 1 aromatic rings. The zero-order chi connectivity index (χ0) is 20.8. The van der Waals surface area contributed by atoms with E-state index in [-0.39, 0.29) is 40.5 Å². The third kappa shape index (κ3) is 5.80. The minimum atomic E-state index is -0.290. The first kappa shape index (κ1) is 22.7. The lowest BCUT2D eigenvalue weighted by Gasteiger charge is -2.30. The second-order valence-electron chi connectivity index (χ2n) is 7.69. The maximum absolute atomic E-state index is 12.8. The highest BCUT2D eigenvalue weighted by Gasteiger charge is 2.29. The van der Waals surface area contributed by atoms with E-state index in [0.717, 1.165) is 0 Å². The zero-order valence-electron chi connectivity index (χ0n) is 17.7. The first-order chi connectivity index (χ1) is 12.5. The van der Waals surface area contributed by atoms with E-state index in [1.165, 1.54) is 20.5 Å². The van der Waals surface area contributed by atoms with Crippen molar-refractivity contribution in [3.63, 3.8) is 0 Å². The standard InChI is InChI=1S/C19H32N4O4/c1-13(19(2,3)4)17(24)22(5)10-9-11-23(6)18(25)14-15(26-7)20-12-21-16(14)27-8/h12-13H,9-11H2,1-8H3. The van der Waals surface area contributed by atoms with Gasteiger partial charge >= 0.3 is 0 Å². The lowest BCUT2D eigenvalue weighted by molar-refractivity contribution is -0.136. The summed E-state index contributed by atoms with van der Waals surface area (Å²) in [7, 11) is 6.36. The molecule has 2 amide bonds. The first-order valence-corrected chi connectivity index (χ1v) is 8.98. The summed E-state index contributed by atoms with van der Waals surface area (Å²) < 4.78 is 10.3. The van der Waals surface area contributed by atoms with Crippen LogP contribution in [0.4, 0.5) is 0 Å². The number of carbonyl (C=O) groups is 2. The molecule has 1 heterocycles. The molecule has 0 bridgehead atoms. The van der Waals surface area contributed by atoms with Gasteiger partial charge in [-0.25, -0.2) is 9.97 Å². The van der Waals surface area contributed by atoms with Crippen LogP contribution >= 0.6 is 0 Å². The number of ether oxygens (including phenoxy) is 2. The fraction of sp³-hybridized carbons (Fsp3) is 0.684. The molecule has 0 N–H and O–H groups in total. The highest BCUT2D eigenvalue weighted by molar-refractivity contribution is 5.98. The van der Waals surface area contributed by atoms with Crippen molar-refractivity contribution in [2.45, 2.75) is 34.1 Å². The third-order valence-corrected chi connectivity index (χ3v) is 4.76. The SMILES string of the molecule is COc1ncnc(OC)c1C(=O)N(C)CCCN(C)C(=O)C(C)C(C)(C)C. The average Bonchev–Trinajstić information content (AvgIpc) is 2.64. The molecule has 0 saturated carbocycles. The fourth-order valence-corrected chi connectivity index (χ4v) is 2.50. The second-order valence-corrected chi connectivity index (χ2v) is 7.69. The lowest BCUT2D eigenvalue weighted by atomic mass is 9.81. The van der Waals surface area contributed by atoms with Crippen LogP contribution in [0.25, 0.3) is 0 Å². The maximum Gasteiger partial charge on any atom is 0.264 e. The largest absolute Gasteiger partial charge is 0.480 e. The van der Waals surface area contributed by atoms with Crippen LogP contribution in [-0.4, -0.2) is 73.0 Å². The van der Waals surface area contributed by atoms with Crippen LogP contribution in [-0.2, 0) is 4.79 Å². The third-order valence-electron chi connectivity index (χ3n) is 4.76. The Morgan fingerprint density at radius 3 is 1.96 bits per heavy atom. The summed E-state index contributed by atoms with van der Waals surface area (Å²) in [4.78, 5) is 36.5. The monoisotopic (exact) mass is 380 g/mol. The summed E-state index contributed by atoms with van der Waals surface area (Å²) >= 11 is 0. The van der Waals surface area contributed by atoms with Crippen molar-refractivity contribution in [1.29, 1.82) is 0 Å². The molecule has 1 rings (SSSR count). The molecule has 8 nitrogen and oxygen atoms in total. The van der Waals surface area contributed by atoms with Gasteiger partial charge in [-0.15, -0.1) is 0 Å². The van der Waals surface area contributed by atoms with E-state index in [9.17, 15) is 9.59 Å². The smallest absolute Gasteiger partial charge is 0.264 e. The van der Waals surface area contributed by atoms with Crippen LogP contribution < -0.4 is 9.47 Å². The van der Waals surface area contributed by atoms with Crippen molar-refractivity contribution in [2.75, 3.05) is 41.4 Å². The summed E-state index contributed by atoms with van der Waals surface area (Å²) in [6.07, 6.45) is 1.94. The quantitative estimate of drug-likeness (QED) is 0.687. The molecule has 8 heteroatoms. The summed E-state index contributed by atoms with van der Waals surface area (Å²) in [5, 5.41) is 0. The van der Waals surface area contributed by atoms with Crippen LogP contribution in [0.2, 0.25) is 0 Å². The van der Waals surface area contributed by atoms with E-state index < -0.39 is 0 Å². The van der Waals surface area contributed by atoms with Gasteiger partial charge in [-0.1, -0.05) is 27.7 Å². The van der Waals surface area contributed by atoms with E-state index in [2.05, 4.69) is 30.7 Å². The summed E-state index contributed by atoms with van der Waals surface area (Å²) in [6.45, 7) is 9.15. The number of nitrogens with zero attached hydrogens (tertiary/aromatic N) is 4. The number of carbonyl (C=O) groups excluding carboxylic acids is 2. The molecule has 152 valence electrons. The highest BCUT2D eigenvalue weighted by Crippen LogP contribution is 2.27. The second kappa shape index (κ2) is 9.53. The highest BCUT2D eigenvalue weighted by atomic mass is 16.5.